The zero-order chi connectivity index (χ0) is 21.0. The third-order valence-electron chi connectivity index (χ3n) is 4.35. The zero-order valence-electron chi connectivity index (χ0n) is 16.3. The Balaban J connectivity index is 1.80. The zero-order valence-corrected chi connectivity index (χ0v) is 17.1. The molecule has 29 heavy (non-hydrogen) atoms. The summed E-state index contributed by atoms with van der Waals surface area (Å²) in [6.45, 7) is 1.99. The molecule has 152 valence electrons. The maximum Gasteiger partial charge on any atom is 0.234 e. The predicted octanol–water partition coefficient (Wildman–Crippen LogP) is 3.90. The number of nitrogens with zero attached hydrogens (tertiary/aromatic N) is 4. The molecule has 1 heterocycles. The molecular formula is C20H21F2N5OS. The molecular weight excluding hydrogens is 396 g/mol. The van der Waals surface area contributed by atoms with Crippen LogP contribution in [0.2, 0.25) is 0 Å². The molecule has 0 fully saturated rings. The van der Waals surface area contributed by atoms with E-state index in [0.717, 1.165) is 0 Å². The predicted molar refractivity (Wildman–Crippen MR) is 109 cm³/mol. The number of anilines is 1. The van der Waals surface area contributed by atoms with Crippen LogP contribution in [0.4, 0.5) is 14.5 Å². The van der Waals surface area contributed by atoms with Crippen LogP contribution in [0.3, 0.4) is 0 Å². The molecule has 0 aliphatic carbocycles. The van der Waals surface area contributed by atoms with Crippen LogP contribution >= 0.6 is 11.8 Å². The van der Waals surface area contributed by atoms with Gasteiger partial charge in [0.05, 0.1) is 11.8 Å². The molecule has 0 saturated carbocycles. The van der Waals surface area contributed by atoms with Crippen molar-refractivity contribution in [3.63, 3.8) is 0 Å². The molecule has 3 aromatic rings. The molecule has 1 aromatic heterocycles. The molecule has 9 heteroatoms. The van der Waals surface area contributed by atoms with Gasteiger partial charge in [0.15, 0.2) is 11.0 Å². The van der Waals surface area contributed by atoms with Crippen LogP contribution < -0.4 is 5.32 Å². The Labute approximate surface area is 171 Å². The van der Waals surface area contributed by atoms with Gasteiger partial charge in [-0.05, 0) is 69.6 Å². The van der Waals surface area contributed by atoms with Crippen LogP contribution in [0.5, 0.6) is 0 Å². The van der Waals surface area contributed by atoms with Crippen LogP contribution in [0.15, 0.2) is 53.7 Å². The Kier molecular flexibility index (Phi) is 6.60. The van der Waals surface area contributed by atoms with Gasteiger partial charge in [0.1, 0.15) is 11.6 Å². The molecule has 0 aliphatic heterocycles. The molecule has 0 spiro atoms. The third kappa shape index (κ3) is 5.18. The Morgan fingerprint density at radius 3 is 2.24 bits per heavy atom. The summed E-state index contributed by atoms with van der Waals surface area (Å²) < 4.78 is 28.2. The number of carbonyl (C=O) groups excluding carboxylic acids is 1. The number of amides is 1. The maximum atomic E-state index is 13.4. The second kappa shape index (κ2) is 9.15. The van der Waals surface area contributed by atoms with E-state index in [9.17, 15) is 13.6 Å². The fourth-order valence-electron chi connectivity index (χ4n) is 2.57. The first-order chi connectivity index (χ1) is 13.8. The van der Waals surface area contributed by atoms with Crippen molar-refractivity contribution in [3.05, 3.63) is 66.0 Å². The van der Waals surface area contributed by atoms with E-state index in [1.54, 1.807) is 12.1 Å². The van der Waals surface area contributed by atoms with Gasteiger partial charge in [-0.2, -0.15) is 0 Å². The largest absolute Gasteiger partial charge is 0.325 e. The normalized spacial score (nSPS) is 12.2. The van der Waals surface area contributed by atoms with Gasteiger partial charge in [0.2, 0.25) is 5.91 Å². The molecule has 1 atom stereocenters. The quantitative estimate of drug-likeness (QED) is 0.591. The average Bonchev–Trinajstić information content (AvgIpc) is 3.12. The van der Waals surface area contributed by atoms with E-state index >= 15 is 0 Å². The molecule has 0 aliphatic rings. The molecule has 6 nitrogen and oxygen atoms in total. The van der Waals surface area contributed by atoms with E-state index in [1.165, 1.54) is 48.2 Å². The van der Waals surface area contributed by atoms with Crippen molar-refractivity contribution in [1.29, 1.82) is 0 Å². The standard InChI is InChI=1S/C20H21F2N5OS/c1-13(26(2)3)19-24-25-20(27(19)17-10-6-15(22)7-11-17)29-12-18(28)23-16-8-4-14(21)5-9-16/h4-11,13H,12H2,1-3H3,(H,23,28)/t13-/m0/s1. The van der Waals surface area contributed by atoms with Crippen LogP contribution in [-0.4, -0.2) is 45.4 Å². The number of hydrogen-bond donors (Lipinski definition) is 1. The monoisotopic (exact) mass is 417 g/mol. The highest BCUT2D eigenvalue weighted by Crippen LogP contribution is 2.27. The van der Waals surface area contributed by atoms with Crippen LogP contribution in [0.25, 0.3) is 5.69 Å². The van der Waals surface area contributed by atoms with E-state index in [1.807, 2.05) is 30.5 Å². The first kappa shape index (κ1) is 20.9. The lowest BCUT2D eigenvalue weighted by Gasteiger charge is -2.20. The first-order valence-corrected chi connectivity index (χ1v) is 9.89. The van der Waals surface area contributed by atoms with Crippen molar-refractivity contribution in [2.45, 2.75) is 18.1 Å². The Morgan fingerprint density at radius 2 is 1.66 bits per heavy atom. The summed E-state index contributed by atoms with van der Waals surface area (Å²) in [6.07, 6.45) is 0. The molecule has 1 amide bonds. The van der Waals surface area contributed by atoms with Crippen molar-refractivity contribution in [2.75, 3.05) is 25.2 Å². The summed E-state index contributed by atoms with van der Waals surface area (Å²) in [5.41, 5.74) is 1.22. The fourth-order valence-corrected chi connectivity index (χ4v) is 3.33. The lowest BCUT2D eigenvalue weighted by Crippen LogP contribution is -2.21. The minimum absolute atomic E-state index is 0.0463. The Hall–Kier alpha value is -2.78. The third-order valence-corrected chi connectivity index (χ3v) is 5.28. The van der Waals surface area contributed by atoms with Crippen molar-refractivity contribution in [3.8, 4) is 5.69 Å². The summed E-state index contributed by atoms with van der Waals surface area (Å²) in [5.74, 6) is -0.183. The fraction of sp³-hybridized carbons (Fsp3) is 0.250. The highest BCUT2D eigenvalue weighted by atomic mass is 32.2. The van der Waals surface area contributed by atoms with Crippen molar-refractivity contribution < 1.29 is 13.6 Å². The summed E-state index contributed by atoms with van der Waals surface area (Å²) in [7, 11) is 3.86. The van der Waals surface area contributed by atoms with Gasteiger partial charge >= 0.3 is 0 Å². The van der Waals surface area contributed by atoms with Gasteiger partial charge in [-0.1, -0.05) is 11.8 Å². The van der Waals surface area contributed by atoms with Gasteiger partial charge in [-0.25, -0.2) is 8.78 Å². The summed E-state index contributed by atoms with van der Waals surface area (Å²) in [6, 6.07) is 11.5. The Bertz CT molecular complexity index is 974. The van der Waals surface area contributed by atoms with Gasteiger partial charge in [-0.15, -0.1) is 10.2 Å². The van der Waals surface area contributed by atoms with E-state index < -0.39 is 0 Å². The van der Waals surface area contributed by atoms with Crippen molar-refractivity contribution >= 4 is 23.4 Å². The highest BCUT2D eigenvalue weighted by molar-refractivity contribution is 7.99. The molecule has 0 unspecified atom stereocenters. The lowest BCUT2D eigenvalue weighted by atomic mass is 10.2. The van der Waals surface area contributed by atoms with Gasteiger partial charge in [0.25, 0.3) is 0 Å². The van der Waals surface area contributed by atoms with E-state index in [2.05, 4.69) is 15.5 Å². The van der Waals surface area contributed by atoms with Crippen molar-refractivity contribution in [2.24, 2.45) is 0 Å². The van der Waals surface area contributed by atoms with Crippen LogP contribution in [0, 0.1) is 11.6 Å². The number of nitrogens with one attached hydrogen (secondary N) is 1. The molecule has 2 aromatic carbocycles. The van der Waals surface area contributed by atoms with Gasteiger partial charge in [0, 0.05) is 11.4 Å². The number of hydrogen-bond acceptors (Lipinski definition) is 5. The molecule has 3 rings (SSSR count). The number of halogens is 2. The SMILES string of the molecule is C[C@@H](c1nnc(SCC(=O)Nc2ccc(F)cc2)n1-c1ccc(F)cc1)N(C)C. The second-order valence-electron chi connectivity index (χ2n) is 6.64. The summed E-state index contributed by atoms with van der Waals surface area (Å²) >= 11 is 1.22. The van der Waals surface area contributed by atoms with E-state index in [4.69, 9.17) is 0 Å². The minimum atomic E-state index is -0.368. The Morgan fingerprint density at radius 1 is 1.07 bits per heavy atom. The maximum absolute atomic E-state index is 13.4. The molecule has 0 radical (unpaired) electrons. The van der Waals surface area contributed by atoms with E-state index in [-0.39, 0.29) is 29.3 Å². The van der Waals surface area contributed by atoms with Crippen LogP contribution in [0.1, 0.15) is 18.8 Å². The van der Waals surface area contributed by atoms with Crippen molar-refractivity contribution in [1.82, 2.24) is 19.7 Å². The highest BCUT2D eigenvalue weighted by Gasteiger charge is 2.21. The number of carbonyl (C=O) groups is 1. The van der Waals surface area contributed by atoms with Gasteiger partial charge in [-0.3, -0.25) is 14.3 Å². The van der Waals surface area contributed by atoms with E-state index in [0.29, 0.717) is 22.4 Å². The molecule has 0 bridgehead atoms. The lowest BCUT2D eigenvalue weighted by molar-refractivity contribution is -0.113. The minimum Gasteiger partial charge on any atom is -0.325 e. The number of thioether (sulfide) groups is 1. The number of aromatic nitrogens is 3. The first-order valence-electron chi connectivity index (χ1n) is 8.91. The van der Waals surface area contributed by atoms with Gasteiger partial charge < -0.3 is 5.32 Å². The molecule has 0 saturated heterocycles. The summed E-state index contributed by atoms with van der Waals surface area (Å²) in [4.78, 5) is 14.3. The van der Waals surface area contributed by atoms with Crippen LogP contribution in [-0.2, 0) is 4.79 Å². The summed E-state index contributed by atoms with van der Waals surface area (Å²) in [5, 5.41) is 11.8. The number of rotatable bonds is 7. The average molecular weight is 417 g/mol. The number of benzene rings is 2. The smallest absolute Gasteiger partial charge is 0.234 e. The second-order valence-corrected chi connectivity index (χ2v) is 7.58. The topological polar surface area (TPSA) is 63.1 Å². The molecule has 1 N–H and O–H groups in total.